The Morgan fingerprint density at radius 1 is 1.41 bits per heavy atom. The monoisotopic (exact) mass is 423 g/mol. The fraction of sp³-hybridized carbons (Fsp3) is 0.316. The van der Waals surface area contributed by atoms with E-state index in [1.54, 1.807) is 17.6 Å². The van der Waals surface area contributed by atoms with Crippen molar-refractivity contribution in [3.8, 4) is 11.5 Å². The normalized spacial score (nSPS) is 16.4. The van der Waals surface area contributed by atoms with E-state index in [2.05, 4.69) is 15.0 Å². The van der Waals surface area contributed by atoms with Crippen molar-refractivity contribution in [2.45, 2.75) is 25.5 Å². The van der Waals surface area contributed by atoms with Gasteiger partial charge >= 0.3 is 6.61 Å². The number of likely N-dealkylation sites (tertiary alicyclic amines) is 1. The van der Waals surface area contributed by atoms with Gasteiger partial charge in [0.15, 0.2) is 16.6 Å². The maximum atomic E-state index is 12.7. The van der Waals surface area contributed by atoms with Crippen LogP contribution in [0.2, 0.25) is 0 Å². The number of alkyl halides is 2. The van der Waals surface area contributed by atoms with Gasteiger partial charge in [0.2, 0.25) is 11.8 Å². The Morgan fingerprint density at radius 3 is 2.93 bits per heavy atom. The summed E-state index contributed by atoms with van der Waals surface area (Å²) in [4.78, 5) is 30.6. The molecule has 1 N–H and O–H groups in total. The zero-order valence-corrected chi connectivity index (χ0v) is 16.3. The van der Waals surface area contributed by atoms with Crippen molar-refractivity contribution in [1.82, 2.24) is 9.88 Å². The molecule has 0 saturated carbocycles. The average molecular weight is 423 g/mol. The molecular formula is C19H19F2N3O4S. The van der Waals surface area contributed by atoms with Crippen LogP contribution in [0, 0.1) is 0 Å². The van der Waals surface area contributed by atoms with Crippen LogP contribution in [0.15, 0.2) is 35.9 Å². The summed E-state index contributed by atoms with van der Waals surface area (Å²) in [5, 5.41) is 4.91. The van der Waals surface area contributed by atoms with Gasteiger partial charge in [-0.1, -0.05) is 12.1 Å². The number of hydrogen-bond acceptors (Lipinski definition) is 6. The molecule has 10 heteroatoms. The van der Waals surface area contributed by atoms with Crippen LogP contribution in [0.3, 0.4) is 0 Å². The van der Waals surface area contributed by atoms with E-state index in [-0.39, 0.29) is 23.0 Å². The molecule has 1 aromatic heterocycles. The highest BCUT2D eigenvalue weighted by Gasteiger charge is 2.33. The van der Waals surface area contributed by atoms with Gasteiger partial charge in [-0.2, -0.15) is 8.78 Å². The zero-order valence-electron chi connectivity index (χ0n) is 15.5. The molecule has 154 valence electrons. The number of anilines is 1. The van der Waals surface area contributed by atoms with Gasteiger partial charge in [0.05, 0.1) is 7.11 Å². The second kappa shape index (κ2) is 9.46. The van der Waals surface area contributed by atoms with Gasteiger partial charge in [-0.05, 0) is 25.0 Å². The molecule has 3 rings (SSSR count). The molecule has 29 heavy (non-hydrogen) atoms. The Hall–Kier alpha value is -3.01. The molecule has 1 fully saturated rings. The minimum Gasteiger partial charge on any atom is -0.493 e. The molecule has 0 spiro atoms. The van der Waals surface area contributed by atoms with Crippen molar-refractivity contribution in [2.24, 2.45) is 0 Å². The van der Waals surface area contributed by atoms with E-state index in [4.69, 9.17) is 4.74 Å². The number of carbonyl (C=O) groups excluding carboxylic acids is 2. The van der Waals surface area contributed by atoms with E-state index in [0.29, 0.717) is 24.5 Å². The molecule has 1 unspecified atom stereocenters. The van der Waals surface area contributed by atoms with Crippen molar-refractivity contribution in [1.29, 1.82) is 0 Å². The van der Waals surface area contributed by atoms with Crippen LogP contribution in [0.5, 0.6) is 11.5 Å². The standard InChI is InChI=1S/C19H19F2N3O4S/c1-27-14-6-2-4-12(16(14)28-18(20)21)7-8-15(25)24-10-3-5-13(24)17(26)23-19-22-9-11-29-19/h2,4,6-9,11,13,18H,3,5,10H2,1H3,(H,22,23,26)/b8-7+. The number of carbonyl (C=O) groups is 2. The number of methoxy groups -OCH3 is 1. The molecule has 1 aliphatic heterocycles. The first-order valence-electron chi connectivity index (χ1n) is 8.80. The number of benzene rings is 1. The summed E-state index contributed by atoms with van der Waals surface area (Å²) in [6.07, 6.45) is 5.41. The summed E-state index contributed by atoms with van der Waals surface area (Å²) in [6.45, 7) is -2.61. The SMILES string of the molecule is COc1cccc(/C=C/C(=O)N2CCCC2C(=O)Nc2nccs2)c1OC(F)F. The Bertz CT molecular complexity index is 890. The van der Waals surface area contributed by atoms with Gasteiger partial charge in [0.1, 0.15) is 6.04 Å². The van der Waals surface area contributed by atoms with Gasteiger partial charge in [-0.25, -0.2) is 4.98 Å². The van der Waals surface area contributed by atoms with Crippen molar-refractivity contribution >= 4 is 34.4 Å². The van der Waals surface area contributed by atoms with E-state index in [9.17, 15) is 18.4 Å². The number of amides is 2. The molecule has 2 amide bonds. The second-order valence-corrected chi connectivity index (χ2v) is 7.00. The minimum atomic E-state index is -3.04. The van der Waals surface area contributed by atoms with Gasteiger partial charge in [0, 0.05) is 29.8 Å². The number of para-hydroxylation sites is 1. The first-order valence-corrected chi connectivity index (χ1v) is 9.68. The zero-order chi connectivity index (χ0) is 20.8. The Kier molecular flexibility index (Phi) is 6.76. The number of thiazole rings is 1. The first kappa shape index (κ1) is 20.7. The largest absolute Gasteiger partial charge is 0.493 e. The lowest BCUT2D eigenvalue weighted by Crippen LogP contribution is -2.42. The summed E-state index contributed by atoms with van der Waals surface area (Å²) in [5.74, 6) is -0.731. The number of halogens is 2. The van der Waals surface area contributed by atoms with Crippen LogP contribution >= 0.6 is 11.3 Å². The average Bonchev–Trinajstić information content (AvgIpc) is 3.38. The molecule has 0 aliphatic carbocycles. The Morgan fingerprint density at radius 2 is 2.24 bits per heavy atom. The molecule has 1 aromatic carbocycles. The van der Waals surface area contributed by atoms with Gasteiger partial charge < -0.3 is 19.7 Å². The maximum Gasteiger partial charge on any atom is 0.387 e. The molecular weight excluding hydrogens is 404 g/mol. The van der Waals surface area contributed by atoms with Crippen LogP contribution in [-0.2, 0) is 9.59 Å². The lowest BCUT2D eigenvalue weighted by molar-refractivity contribution is -0.132. The van der Waals surface area contributed by atoms with Crippen molar-refractivity contribution in [3.63, 3.8) is 0 Å². The smallest absolute Gasteiger partial charge is 0.387 e. The molecule has 1 atom stereocenters. The van der Waals surface area contributed by atoms with Crippen molar-refractivity contribution in [3.05, 3.63) is 41.4 Å². The molecule has 2 heterocycles. The Balaban J connectivity index is 1.73. The summed E-state index contributed by atoms with van der Waals surface area (Å²) in [5.41, 5.74) is 0.265. The van der Waals surface area contributed by atoms with Crippen molar-refractivity contribution < 1.29 is 27.8 Å². The number of ether oxygens (including phenoxy) is 2. The number of nitrogens with zero attached hydrogens (tertiary/aromatic N) is 2. The fourth-order valence-electron chi connectivity index (χ4n) is 3.07. The number of nitrogens with one attached hydrogen (secondary N) is 1. The highest BCUT2D eigenvalue weighted by molar-refractivity contribution is 7.13. The van der Waals surface area contributed by atoms with Crippen LogP contribution in [-0.4, -0.2) is 48.0 Å². The lowest BCUT2D eigenvalue weighted by Gasteiger charge is -2.22. The minimum absolute atomic E-state index is 0.127. The van der Waals surface area contributed by atoms with Gasteiger partial charge in [-0.3, -0.25) is 9.59 Å². The van der Waals surface area contributed by atoms with Crippen LogP contribution in [0.4, 0.5) is 13.9 Å². The third kappa shape index (κ3) is 5.08. The van der Waals surface area contributed by atoms with E-state index in [1.165, 1.54) is 47.6 Å². The van der Waals surface area contributed by atoms with E-state index >= 15 is 0 Å². The third-order valence-electron chi connectivity index (χ3n) is 4.34. The number of hydrogen-bond donors (Lipinski definition) is 1. The summed E-state index contributed by atoms with van der Waals surface area (Å²) >= 11 is 1.29. The molecule has 7 nitrogen and oxygen atoms in total. The highest BCUT2D eigenvalue weighted by atomic mass is 32.1. The first-order chi connectivity index (χ1) is 14.0. The van der Waals surface area contributed by atoms with Crippen LogP contribution in [0.1, 0.15) is 18.4 Å². The Labute approximate surface area is 169 Å². The van der Waals surface area contributed by atoms with E-state index in [0.717, 1.165) is 0 Å². The summed E-state index contributed by atoms with van der Waals surface area (Å²) < 4.78 is 35.0. The number of rotatable bonds is 7. The lowest BCUT2D eigenvalue weighted by atomic mass is 10.1. The molecule has 0 bridgehead atoms. The second-order valence-electron chi connectivity index (χ2n) is 6.11. The summed E-state index contributed by atoms with van der Waals surface area (Å²) in [7, 11) is 1.34. The molecule has 1 aliphatic rings. The number of aromatic nitrogens is 1. The topological polar surface area (TPSA) is 80.8 Å². The third-order valence-corrected chi connectivity index (χ3v) is 5.03. The predicted octanol–water partition coefficient (Wildman–Crippen LogP) is 3.40. The van der Waals surface area contributed by atoms with Gasteiger partial charge in [-0.15, -0.1) is 11.3 Å². The van der Waals surface area contributed by atoms with Crippen molar-refractivity contribution in [2.75, 3.05) is 19.0 Å². The van der Waals surface area contributed by atoms with E-state index in [1.807, 2.05) is 0 Å². The molecule has 0 radical (unpaired) electrons. The maximum absolute atomic E-state index is 12.7. The predicted molar refractivity (Wildman–Crippen MR) is 104 cm³/mol. The van der Waals surface area contributed by atoms with Crippen LogP contribution in [0.25, 0.3) is 6.08 Å². The quantitative estimate of drug-likeness (QED) is 0.691. The fourth-order valence-corrected chi connectivity index (χ4v) is 3.61. The van der Waals surface area contributed by atoms with E-state index < -0.39 is 18.6 Å². The molecule has 1 saturated heterocycles. The highest BCUT2D eigenvalue weighted by Crippen LogP contribution is 2.33. The van der Waals surface area contributed by atoms with Gasteiger partial charge in [0.25, 0.3) is 0 Å². The van der Waals surface area contributed by atoms with Crippen LogP contribution < -0.4 is 14.8 Å². The summed E-state index contributed by atoms with van der Waals surface area (Å²) in [6, 6.07) is 4.00. The molecule has 2 aromatic rings.